The van der Waals surface area contributed by atoms with Gasteiger partial charge >= 0.3 is 6.03 Å². The number of pyridine rings is 1. The van der Waals surface area contributed by atoms with E-state index < -0.39 is 17.8 Å². The molecule has 0 saturated carbocycles. The molecule has 0 radical (unpaired) electrons. The second-order valence-corrected chi connectivity index (χ2v) is 6.27. The van der Waals surface area contributed by atoms with Crippen LogP contribution in [-0.2, 0) is 9.59 Å². The molecule has 4 amide bonds. The molecule has 1 saturated heterocycles. The van der Waals surface area contributed by atoms with Crippen LogP contribution in [0.3, 0.4) is 0 Å². The number of anilines is 1. The second-order valence-electron chi connectivity index (χ2n) is 5.87. The number of carbonyl (C=O) groups excluding carboxylic acids is 3. The van der Waals surface area contributed by atoms with Crippen molar-refractivity contribution in [1.29, 1.82) is 0 Å². The van der Waals surface area contributed by atoms with Crippen LogP contribution in [0.2, 0.25) is 5.02 Å². The summed E-state index contributed by atoms with van der Waals surface area (Å²) in [5.41, 5.74) is 0.463. The Morgan fingerprint density at radius 3 is 2.59 bits per heavy atom. The van der Waals surface area contributed by atoms with Crippen molar-refractivity contribution in [2.45, 2.75) is 13.8 Å². The maximum atomic E-state index is 12.9. The molecule has 1 aliphatic rings. The number of hydrogen-bond donors (Lipinski definition) is 1. The third-order valence-corrected chi connectivity index (χ3v) is 4.22. The lowest BCUT2D eigenvalue weighted by molar-refractivity contribution is -0.122. The number of hydrogen-bond acceptors (Lipinski definition) is 6. The van der Waals surface area contributed by atoms with E-state index in [2.05, 4.69) is 10.3 Å². The van der Waals surface area contributed by atoms with E-state index >= 15 is 0 Å². The number of ether oxygens (including phenoxy) is 2. The fourth-order valence-electron chi connectivity index (χ4n) is 2.76. The summed E-state index contributed by atoms with van der Waals surface area (Å²) >= 11 is 6.29. The quantitative estimate of drug-likeness (QED) is 0.574. The zero-order valence-corrected chi connectivity index (χ0v) is 16.5. The Morgan fingerprint density at radius 1 is 1.17 bits per heavy atom. The summed E-state index contributed by atoms with van der Waals surface area (Å²) in [6.45, 7) is 4.39. The highest BCUT2D eigenvalue weighted by Gasteiger charge is 2.37. The average Bonchev–Trinajstić information content (AvgIpc) is 2.69. The number of halogens is 1. The number of amides is 4. The van der Waals surface area contributed by atoms with Crippen molar-refractivity contribution in [3.8, 4) is 11.5 Å². The minimum atomic E-state index is -0.843. The highest BCUT2D eigenvalue weighted by Crippen LogP contribution is 2.37. The molecule has 8 nitrogen and oxygen atoms in total. The van der Waals surface area contributed by atoms with E-state index in [0.29, 0.717) is 30.3 Å². The number of carbonyl (C=O) groups is 3. The second kappa shape index (κ2) is 8.74. The molecule has 1 aliphatic heterocycles. The van der Waals surface area contributed by atoms with Gasteiger partial charge in [-0.3, -0.25) is 19.9 Å². The molecular weight excluding hydrogens is 398 g/mol. The number of benzene rings is 1. The number of nitrogens with zero attached hydrogens (tertiary/aromatic N) is 2. The topological polar surface area (TPSA) is 97.8 Å². The summed E-state index contributed by atoms with van der Waals surface area (Å²) in [6.07, 6.45) is 4.21. The fourth-order valence-corrected chi connectivity index (χ4v) is 3.04. The maximum absolute atomic E-state index is 12.9. The van der Waals surface area contributed by atoms with Crippen LogP contribution in [0.25, 0.3) is 6.08 Å². The van der Waals surface area contributed by atoms with Gasteiger partial charge in [-0.15, -0.1) is 0 Å². The largest absolute Gasteiger partial charge is 0.490 e. The molecule has 150 valence electrons. The van der Waals surface area contributed by atoms with Crippen LogP contribution in [-0.4, -0.2) is 36.0 Å². The van der Waals surface area contributed by atoms with Gasteiger partial charge in [0.15, 0.2) is 11.5 Å². The highest BCUT2D eigenvalue weighted by atomic mass is 35.5. The first-order chi connectivity index (χ1) is 14.0. The predicted octanol–water partition coefficient (Wildman–Crippen LogP) is 3.20. The normalized spacial score (nSPS) is 15.5. The molecule has 0 spiro atoms. The first-order valence-corrected chi connectivity index (χ1v) is 9.24. The lowest BCUT2D eigenvalue weighted by Gasteiger charge is -2.26. The lowest BCUT2D eigenvalue weighted by atomic mass is 10.1. The molecule has 29 heavy (non-hydrogen) atoms. The van der Waals surface area contributed by atoms with Crippen LogP contribution in [0.15, 0.2) is 42.2 Å². The molecule has 2 aromatic rings. The highest BCUT2D eigenvalue weighted by molar-refractivity contribution is 6.39. The molecule has 1 aromatic carbocycles. The Bertz CT molecular complexity index is 991. The molecule has 1 aromatic heterocycles. The van der Waals surface area contributed by atoms with Crippen molar-refractivity contribution >= 4 is 41.2 Å². The summed E-state index contributed by atoms with van der Waals surface area (Å²) in [5, 5.41) is 2.43. The molecule has 0 bridgehead atoms. The summed E-state index contributed by atoms with van der Waals surface area (Å²) in [5.74, 6) is -0.805. The van der Waals surface area contributed by atoms with Gasteiger partial charge in [-0.1, -0.05) is 11.6 Å². The van der Waals surface area contributed by atoms with E-state index in [1.807, 2.05) is 13.8 Å². The third-order valence-electron chi connectivity index (χ3n) is 3.94. The van der Waals surface area contributed by atoms with E-state index in [4.69, 9.17) is 21.1 Å². The Labute approximate surface area is 172 Å². The van der Waals surface area contributed by atoms with E-state index in [1.165, 1.54) is 18.5 Å². The molecule has 0 unspecified atom stereocenters. The Hall–Kier alpha value is -3.39. The van der Waals surface area contributed by atoms with Crippen LogP contribution in [0.1, 0.15) is 19.4 Å². The molecule has 0 aliphatic carbocycles. The number of nitrogens with one attached hydrogen (secondary N) is 1. The first-order valence-electron chi connectivity index (χ1n) is 8.86. The van der Waals surface area contributed by atoms with Gasteiger partial charge in [-0.05, 0) is 49.8 Å². The number of imide groups is 2. The SMILES string of the molecule is CCOc1cc(/C=C2\C(=O)NC(=O)N(c3cccnc3)C2=O)cc(Cl)c1OCC. The monoisotopic (exact) mass is 415 g/mol. The van der Waals surface area contributed by atoms with Crippen LogP contribution < -0.4 is 19.7 Å². The minimum Gasteiger partial charge on any atom is -0.490 e. The van der Waals surface area contributed by atoms with Gasteiger partial charge in [0.05, 0.1) is 30.1 Å². The summed E-state index contributed by atoms with van der Waals surface area (Å²) < 4.78 is 11.1. The zero-order chi connectivity index (χ0) is 21.0. The summed E-state index contributed by atoms with van der Waals surface area (Å²) in [7, 11) is 0. The van der Waals surface area contributed by atoms with Gasteiger partial charge in [0.1, 0.15) is 5.57 Å². The number of barbiturate groups is 1. The Balaban J connectivity index is 2.03. The molecule has 9 heteroatoms. The molecule has 1 fully saturated rings. The number of urea groups is 1. The van der Waals surface area contributed by atoms with Crippen molar-refractivity contribution in [2.24, 2.45) is 0 Å². The van der Waals surface area contributed by atoms with Gasteiger partial charge in [0, 0.05) is 6.20 Å². The molecule has 1 N–H and O–H groups in total. The third kappa shape index (κ3) is 4.22. The number of aromatic nitrogens is 1. The Kier molecular flexibility index (Phi) is 6.13. The lowest BCUT2D eigenvalue weighted by Crippen LogP contribution is -2.54. The zero-order valence-electron chi connectivity index (χ0n) is 15.8. The van der Waals surface area contributed by atoms with Gasteiger partial charge in [0.25, 0.3) is 11.8 Å². The van der Waals surface area contributed by atoms with E-state index in [0.717, 1.165) is 4.90 Å². The van der Waals surface area contributed by atoms with E-state index in [9.17, 15) is 14.4 Å². The van der Waals surface area contributed by atoms with Crippen molar-refractivity contribution in [3.63, 3.8) is 0 Å². The molecule has 0 atom stereocenters. The molecule has 2 heterocycles. The predicted molar refractivity (Wildman–Crippen MR) is 107 cm³/mol. The molecule has 3 rings (SSSR count). The minimum absolute atomic E-state index is 0.226. The van der Waals surface area contributed by atoms with Gasteiger partial charge < -0.3 is 9.47 Å². The average molecular weight is 416 g/mol. The van der Waals surface area contributed by atoms with Crippen molar-refractivity contribution < 1.29 is 23.9 Å². The van der Waals surface area contributed by atoms with Crippen LogP contribution in [0.5, 0.6) is 11.5 Å². The maximum Gasteiger partial charge on any atom is 0.336 e. The fraction of sp³-hybridized carbons (Fsp3) is 0.200. The standard InChI is InChI=1S/C20H18ClN3O5/c1-3-28-16-10-12(9-15(21)17(16)29-4-2)8-14-18(25)23-20(27)24(19(14)26)13-6-5-7-22-11-13/h5-11H,3-4H2,1-2H3,(H,23,25,27)/b14-8+. The summed E-state index contributed by atoms with van der Waals surface area (Å²) in [4.78, 5) is 42.1. The Morgan fingerprint density at radius 2 is 1.93 bits per heavy atom. The van der Waals surface area contributed by atoms with Crippen molar-refractivity contribution in [2.75, 3.05) is 18.1 Å². The van der Waals surface area contributed by atoms with Crippen LogP contribution in [0, 0.1) is 0 Å². The van der Waals surface area contributed by atoms with Crippen molar-refractivity contribution in [3.05, 3.63) is 52.8 Å². The number of rotatable bonds is 6. The van der Waals surface area contributed by atoms with Crippen molar-refractivity contribution in [1.82, 2.24) is 10.3 Å². The van der Waals surface area contributed by atoms with Gasteiger partial charge in [-0.25, -0.2) is 9.69 Å². The van der Waals surface area contributed by atoms with E-state index in [1.54, 1.807) is 24.3 Å². The van der Waals surface area contributed by atoms with Crippen LogP contribution >= 0.6 is 11.6 Å². The molecular formula is C20H18ClN3O5. The van der Waals surface area contributed by atoms with Gasteiger partial charge in [0.2, 0.25) is 0 Å². The summed E-state index contributed by atoms with van der Waals surface area (Å²) in [6, 6.07) is 5.44. The first kappa shape index (κ1) is 20.3. The van der Waals surface area contributed by atoms with Gasteiger partial charge in [-0.2, -0.15) is 0 Å². The smallest absolute Gasteiger partial charge is 0.336 e. The van der Waals surface area contributed by atoms with E-state index in [-0.39, 0.29) is 16.3 Å². The van der Waals surface area contributed by atoms with Crippen LogP contribution in [0.4, 0.5) is 10.5 Å².